The minimum atomic E-state index is -0.553. The maximum atomic E-state index is 11.8. The summed E-state index contributed by atoms with van der Waals surface area (Å²) in [6, 6.07) is 9.04. The van der Waals surface area contributed by atoms with Crippen LogP contribution in [-0.4, -0.2) is 20.4 Å². The minimum absolute atomic E-state index is 0.135. The Labute approximate surface area is 145 Å². The Balaban J connectivity index is 1.85. The Morgan fingerprint density at radius 1 is 1.24 bits per heavy atom. The number of hydrogen-bond acceptors (Lipinski definition) is 6. The van der Waals surface area contributed by atoms with Gasteiger partial charge in [0.1, 0.15) is 5.01 Å². The smallest absolute Gasteiger partial charge is 0.285 e. The highest BCUT2D eigenvalue weighted by atomic mass is 32.1. The van der Waals surface area contributed by atoms with Gasteiger partial charge in [0.2, 0.25) is 5.91 Å². The van der Waals surface area contributed by atoms with Gasteiger partial charge in [-0.25, -0.2) is 4.98 Å². The van der Waals surface area contributed by atoms with Gasteiger partial charge in [-0.2, -0.15) is 0 Å². The lowest BCUT2D eigenvalue weighted by atomic mass is 10.1. The van der Waals surface area contributed by atoms with E-state index in [9.17, 15) is 19.7 Å². The van der Waals surface area contributed by atoms with Crippen LogP contribution in [0, 0.1) is 10.1 Å². The van der Waals surface area contributed by atoms with Crippen molar-refractivity contribution in [3.63, 3.8) is 0 Å². The van der Waals surface area contributed by atoms with Crippen molar-refractivity contribution in [3.8, 4) is 10.6 Å². The predicted molar refractivity (Wildman–Crippen MR) is 92.5 cm³/mol. The second-order valence-electron chi connectivity index (χ2n) is 5.20. The number of hydrogen-bond donors (Lipinski definition) is 1. The molecular weight excluding hydrogens is 344 g/mol. The van der Waals surface area contributed by atoms with Crippen molar-refractivity contribution < 1.29 is 9.72 Å². The molecule has 25 heavy (non-hydrogen) atoms. The number of benzene rings is 1. The van der Waals surface area contributed by atoms with Crippen molar-refractivity contribution in [2.45, 2.75) is 6.54 Å². The van der Waals surface area contributed by atoms with Gasteiger partial charge in [-0.05, 0) is 12.1 Å². The maximum Gasteiger partial charge on any atom is 0.285 e. The highest BCUT2D eigenvalue weighted by Gasteiger charge is 2.11. The monoisotopic (exact) mass is 356 g/mol. The molecule has 2 N–H and O–H groups in total. The van der Waals surface area contributed by atoms with Crippen LogP contribution < -0.4 is 11.3 Å². The molecule has 3 rings (SSSR count). The molecule has 0 radical (unpaired) electrons. The summed E-state index contributed by atoms with van der Waals surface area (Å²) >= 11 is 1.38. The minimum Gasteiger partial charge on any atom is -0.366 e. The van der Waals surface area contributed by atoms with Gasteiger partial charge in [-0.3, -0.25) is 19.7 Å². The molecule has 9 heteroatoms. The second kappa shape index (κ2) is 6.65. The van der Waals surface area contributed by atoms with E-state index in [0.29, 0.717) is 16.3 Å². The van der Waals surface area contributed by atoms with E-state index in [1.54, 1.807) is 29.6 Å². The van der Waals surface area contributed by atoms with Crippen molar-refractivity contribution in [3.05, 3.63) is 79.7 Å². The lowest BCUT2D eigenvalue weighted by molar-refractivity contribution is -0.385. The fourth-order valence-corrected chi connectivity index (χ4v) is 3.03. The SMILES string of the molecule is NC(=O)c1ccc(-c2nc(Cn3cc([N+](=O)[O-])ccc3=O)cs2)cc1. The summed E-state index contributed by atoms with van der Waals surface area (Å²) in [5.74, 6) is -0.503. The van der Waals surface area contributed by atoms with Crippen molar-refractivity contribution in [2.24, 2.45) is 5.73 Å². The van der Waals surface area contributed by atoms with Crippen LogP contribution in [-0.2, 0) is 6.54 Å². The van der Waals surface area contributed by atoms with Crippen LogP contribution >= 0.6 is 11.3 Å². The maximum absolute atomic E-state index is 11.8. The van der Waals surface area contributed by atoms with E-state index in [4.69, 9.17) is 5.73 Å². The van der Waals surface area contributed by atoms with E-state index in [2.05, 4.69) is 4.98 Å². The highest BCUT2D eigenvalue weighted by Crippen LogP contribution is 2.24. The third kappa shape index (κ3) is 3.61. The zero-order chi connectivity index (χ0) is 18.0. The summed E-state index contributed by atoms with van der Waals surface area (Å²) < 4.78 is 1.24. The molecule has 0 aliphatic heterocycles. The number of nitro groups is 1. The van der Waals surface area contributed by atoms with Crippen LogP contribution in [0.1, 0.15) is 16.1 Å². The molecule has 2 heterocycles. The number of pyridine rings is 1. The molecule has 1 amide bonds. The van der Waals surface area contributed by atoms with Gasteiger partial charge < -0.3 is 10.3 Å². The Hall–Kier alpha value is -3.33. The van der Waals surface area contributed by atoms with Gasteiger partial charge in [0.15, 0.2) is 0 Å². The summed E-state index contributed by atoms with van der Waals surface area (Å²) in [7, 11) is 0. The van der Waals surface area contributed by atoms with Crippen molar-refractivity contribution in [1.82, 2.24) is 9.55 Å². The normalized spacial score (nSPS) is 10.6. The molecule has 0 bridgehead atoms. The molecule has 0 aliphatic carbocycles. The Morgan fingerprint density at radius 2 is 1.96 bits per heavy atom. The number of nitrogens with two attached hydrogens (primary N) is 1. The predicted octanol–water partition coefficient (Wildman–Crippen LogP) is 2.03. The largest absolute Gasteiger partial charge is 0.366 e. The molecule has 3 aromatic rings. The molecule has 0 saturated carbocycles. The van der Waals surface area contributed by atoms with E-state index >= 15 is 0 Å². The zero-order valence-corrected chi connectivity index (χ0v) is 13.6. The van der Waals surface area contributed by atoms with Gasteiger partial charge in [0.25, 0.3) is 11.2 Å². The first kappa shape index (κ1) is 16.5. The van der Waals surface area contributed by atoms with Crippen molar-refractivity contribution >= 4 is 22.9 Å². The van der Waals surface area contributed by atoms with Gasteiger partial charge in [0.05, 0.1) is 23.4 Å². The third-order valence-electron chi connectivity index (χ3n) is 3.48. The van der Waals surface area contributed by atoms with Crippen LogP contribution in [0.4, 0.5) is 5.69 Å². The lowest BCUT2D eigenvalue weighted by Crippen LogP contribution is -2.19. The molecule has 1 aromatic carbocycles. The Kier molecular flexibility index (Phi) is 4.40. The molecule has 0 unspecified atom stereocenters. The number of thiazole rings is 1. The van der Waals surface area contributed by atoms with E-state index in [1.165, 1.54) is 28.2 Å². The first-order valence-corrected chi connectivity index (χ1v) is 8.01. The molecule has 2 aromatic heterocycles. The number of aromatic nitrogens is 2. The van der Waals surface area contributed by atoms with E-state index in [0.717, 1.165) is 11.6 Å². The average Bonchev–Trinajstić information content (AvgIpc) is 3.05. The average molecular weight is 356 g/mol. The van der Waals surface area contributed by atoms with Crippen LogP contribution in [0.5, 0.6) is 0 Å². The quantitative estimate of drug-likeness (QED) is 0.554. The number of carbonyl (C=O) groups excluding carboxylic acids is 1. The van der Waals surface area contributed by atoms with Crippen molar-refractivity contribution in [2.75, 3.05) is 0 Å². The van der Waals surface area contributed by atoms with Gasteiger partial charge in [0, 0.05) is 28.6 Å². The summed E-state index contributed by atoms with van der Waals surface area (Å²) in [4.78, 5) is 37.7. The lowest BCUT2D eigenvalue weighted by Gasteiger charge is -2.02. The standard InChI is InChI=1S/C16H12N4O4S/c17-15(22)10-1-3-11(4-2-10)16-18-12(9-25-16)7-19-8-13(20(23)24)5-6-14(19)21/h1-6,8-9H,7H2,(H2,17,22). The molecule has 0 atom stereocenters. The van der Waals surface area contributed by atoms with E-state index in [-0.39, 0.29) is 17.8 Å². The topological polar surface area (TPSA) is 121 Å². The molecule has 126 valence electrons. The molecular formula is C16H12N4O4S. The van der Waals surface area contributed by atoms with Crippen LogP contribution in [0.15, 0.2) is 52.8 Å². The number of carbonyl (C=O) groups is 1. The summed E-state index contributed by atoms with van der Waals surface area (Å²) in [6.07, 6.45) is 1.20. The number of primary amides is 1. The first-order chi connectivity index (χ1) is 11.9. The van der Waals surface area contributed by atoms with E-state index < -0.39 is 10.8 Å². The number of amides is 1. The number of rotatable bonds is 5. The fraction of sp³-hybridized carbons (Fsp3) is 0.0625. The van der Waals surface area contributed by atoms with Gasteiger partial charge in [-0.15, -0.1) is 11.3 Å². The molecule has 0 aliphatic rings. The highest BCUT2D eigenvalue weighted by molar-refractivity contribution is 7.13. The third-order valence-corrected chi connectivity index (χ3v) is 4.42. The summed E-state index contributed by atoms with van der Waals surface area (Å²) in [5.41, 5.74) is 6.54. The van der Waals surface area contributed by atoms with Gasteiger partial charge >= 0.3 is 0 Å². The van der Waals surface area contributed by atoms with Crippen LogP contribution in [0.25, 0.3) is 10.6 Å². The zero-order valence-electron chi connectivity index (χ0n) is 12.8. The Bertz CT molecular complexity index is 1010. The van der Waals surface area contributed by atoms with Crippen molar-refractivity contribution in [1.29, 1.82) is 0 Å². The molecule has 0 saturated heterocycles. The fourth-order valence-electron chi connectivity index (χ4n) is 2.21. The Morgan fingerprint density at radius 3 is 2.60 bits per heavy atom. The number of nitrogens with zero attached hydrogens (tertiary/aromatic N) is 3. The first-order valence-electron chi connectivity index (χ1n) is 7.13. The van der Waals surface area contributed by atoms with Crippen LogP contribution in [0.3, 0.4) is 0 Å². The molecule has 0 fully saturated rings. The van der Waals surface area contributed by atoms with Crippen LogP contribution in [0.2, 0.25) is 0 Å². The summed E-state index contributed by atoms with van der Waals surface area (Å²) in [6.45, 7) is 0.135. The molecule has 0 spiro atoms. The van der Waals surface area contributed by atoms with E-state index in [1.807, 2.05) is 0 Å². The second-order valence-corrected chi connectivity index (χ2v) is 6.05. The van der Waals surface area contributed by atoms with Gasteiger partial charge in [-0.1, -0.05) is 12.1 Å². The summed E-state index contributed by atoms with van der Waals surface area (Å²) in [5, 5.41) is 13.3. The molecule has 8 nitrogen and oxygen atoms in total.